The average molecular weight is 376 g/mol. The van der Waals surface area contributed by atoms with Gasteiger partial charge in [0.15, 0.2) is 17.5 Å². The summed E-state index contributed by atoms with van der Waals surface area (Å²) in [5, 5.41) is 0. The first-order valence-electron chi connectivity index (χ1n) is 8.65. The van der Waals surface area contributed by atoms with Crippen LogP contribution in [-0.4, -0.2) is 36.9 Å². The molecule has 2 amide bonds. The van der Waals surface area contributed by atoms with Crippen LogP contribution >= 0.6 is 0 Å². The molecule has 2 aromatic carbocycles. The number of carbonyl (C=O) groups excluding carboxylic acids is 2. The van der Waals surface area contributed by atoms with Crippen molar-refractivity contribution in [1.29, 1.82) is 0 Å². The smallest absolute Gasteiger partial charge is 0.256 e. The molecule has 3 rings (SSSR count). The Morgan fingerprint density at radius 2 is 1.59 bits per heavy atom. The Morgan fingerprint density at radius 1 is 0.963 bits per heavy atom. The van der Waals surface area contributed by atoms with Crippen molar-refractivity contribution >= 4 is 17.5 Å². The Balaban J connectivity index is 1.64. The molecule has 0 radical (unpaired) electrons. The lowest BCUT2D eigenvalue weighted by atomic mass is 9.94. The van der Waals surface area contributed by atoms with Crippen molar-refractivity contribution in [2.24, 2.45) is 5.92 Å². The van der Waals surface area contributed by atoms with Crippen LogP contribution in [0, 0.1) is 23.4 Å². The second-order valence-corrected chi connectivity index (χ2v) is 6.52. The fourth-order valence-corrected chi connectivity index (χ4v) is 3.24. The number of rotatable bonds is 3. The Bertz CT molecular complexity index is 850. The van der Waals surface area contributed by atoms with Gasteiger partial charge in [0.1, 0.15) is 0 Å². The standard InChI is InChI=1S/C20H19F3N2O2/c1-24(14-5-3-2-4-6-14)19(26)13-9-11-25(12-10-13)20(27)15-7-8-16(21)18(23)17(15)22/h2-8,13H,9-12H2,1H3. The number of amides is 2. The van der Waals surface area contributed by atoms with Crippen molar-refractivity contribution in [1.82, 2.24) is 4.90 Å². The maximum Gasteiger partial charge on any atom is 0.256 e. The zero-order valence-corrected chi connectivity index (χ0v) is 14.8. The van der Waals surface area contributed by atoms with E-state index >= 15 is 0 Å². The van der Waals surface area contributed by atoms with E-state index in [-0.39, 0.29) is 24.9 Å². The van der Waals surface area contributed by atoms with E-state index in [9.17, 15) is 22.8 Å². The number of benzene rings is 2. The number of halogens is 3. The van der Waals surface area contributed by atoms with Crippen LogP contribution in [0.3, 0.4) is 0 Å². The summed E-state index contributed by atoms with van der Waals surface area (Å²) in [6.45, 7) is 0.493. The summed E-state index contributed by atoms with van der Waals surface area (Å²) >= 11 is 0. The molecule has 0 bridgehead atoms. The highest BCUT2D eigenvalue weighted by atomic mass is 19.2. The SMILES string of the molecule is CN(C(=O)C1CCN(C(=O)c2ccc(F)c(F)c2F)CC1)c1ccccc1. The molecule has 7 heteroatoms. The number of piperidine rings is 1. The highest BCUT2D eigenvalue weighted by Crippen LogP contribution is 2.24. The zero-order valence-electron chi connectivity index (χ0n) is 14.8. The molecular formula is C20H19F3N2O2. The maximum atomic E-state index is 13.8. The fraction of sp³-hybridized carbons (Fsp3) is 0.300. The van der Waals surface area contributed by atoms with Gasteiger partial charge in [-0.1, -0.05) is 18.2 Å². The molecule has 0 atom stereocenters. The molecule has 0 aromatic heterocycles. The van der Waals surface area contributed by atoms with Gasteiger partial charge in [-0.25, -0.2) is 13.2 Å². The molecule has 1 saturated heterocycles. The summed E-state index contributed by atoms with van der Waals surface area (Å²) < 4.78 is 40.2. The molecule has 27 heavy (non-hydrogen) atoms. The zero-order chi connectivity index (χ0) is 19.6. The van der Waals surface area contributed by atoms with Crippen LogP contribution in [0.1, 0.15) is 23.2 Å². The highest BCUT2D eigenvalue weighted by molar-refractivity contribution is 5.96. The minimum Gasteiger partial charge on any atom is -0.339 e. The Morgan fingerprint density at radius 3 is 2.22 bits per heavy atom. The van der Waals surface area contributed by atoms with Crippen LogP contribution in [0.25, 0.3) is 0 Å². The topological polar surface area (TPSA) is 40.6 Å². The lowest BCUT2D eigenvalue weighted by molar-refractivity contribution is -0.123. The van der Waals surface area contributed by atoms with Gasteiger partial charge in [0.05, 0.1) is 5.56 Å². The van der Waals surface area contributed by atoms with Crippen LogP contribution in [0.2, 0.25) is 0 Å². The van der Waals surface area contributed by atoms with E-state index < -0.39 is 28.9 Å². The Hall–Kier alpha value is -2.83. The Kier molecular flexibility index (Phi) is 5.48. The molecule has 0 N–H and O–H groups in total. The lowest BCUT2D eigenvalue weighted by Gasteiger charge is -2.33. The van der Waals surface area contributed by atoms with Gasteiger partial charge in [0, 0.05) is 31.7 Å². The van der Waals surface area contributed by atoms with Gasteiger partial charge in [0.2, 0.25) is 5.91 Å². The average Bonchev–Trinajstić information content (AvgIpc) is 2.71. The van der Waals surface area contributed by atoms with E-state index in [0.29, 0.717) is 12.8 Å². The molecule has 0 aliphatic carbocycles. The number of likely N-dealkylation sites (tertiary alicyclic amines) is 1. The molecule has 0 saturated carbocycles. The van der Waals surface area contributed by atoms with Gasteiger partial charge < -0.3 is 9.80 Å². The van der Waals surface area contributed by atoms with Gasteiger partial charge in [-0.3, -0.25) is 9.59 Å². The van der Waals surface area contributed by atoms with Crippen LogP contribution in [0.5, 0.6) is 0 Å². The normalized spacial score (nSPS) is 14.9. The molecule has 1 fully saturated rings. The van der Waals surface area contributed by atoms with E-state index in [1.807, 2.05) is 30.3 Å². The molecular weight excluding hydrogens is 357 g/mol. The van der Waals surface area contributed by atoms with E-state index in [1.165, 1.54) is 4.90 Å². The summed E-state index contributed by atoms with van der Waals surface area (Å²) in [5.41, 5.74) is 0.282. The number of hydrogen-bond donors (Lipinski definition) is 0. The number of carbonyl (C=O) groups is 2. The molecule has 142 valence electrons. The van der Waals surface area contributed by atoms with Crippen LogP contribution in [-0.2, 0) is 4.79 Å². The van der Waals surface area contributed by atoms with Crippen molar-refractivity contribution in [2.45, 2.75) is 12.8 Å². The van der Waals surface area contributed by atoms with E-state index in [1.54, 1.807) is 11.9 Å². The number of hydrogen-bond acceptors (Lipinski definition) is 2. The lowest BCUT2D eigenvalue weighted by Crippen LogP contribution is -2.43. The van der Waals surface area contributed by atoms with Crippen LogP contribution in [0.15, 0.2) is 42.5 Å². The third-order valence-electron chi connectivity index (χ3n) is 4.87. The molecule has 0 unspecified atom stereocenters. The predicted molar refractivity (Wildman–Crippen MR) is 94.8 cm³/mol. The molecule has 4 nitrogen and oxygen atoms in total. The molecule has 1 aliphatic rings. The Labute approximate surface area is 155 Å². The second kappa shape index (κ2) is 7.82. The van der Waals surface area contributed by atoms with Gasteiger partial charge in [-0.15, -0.1) is 0 Å². The van der Waals surface area contributed by atoms with Crippen molar-refractivity contribution in [3.05, 3.63) is 65.5 Å². The summed E-state index contributed by atoms with van der Waals surface area (Å²) in [4.78, 5) is 28.0. The third-order valence-corrected chi connectivity index (χ3v) is 4.87. The first-order valence-corrected chi connectivity index (χ1v) is 8.65. The van der Waals surface area contributed by atoms with Gasteiger partial charge in [-0.2, -0.15) is 0 Å². The van der Waals surface area contributed by atoms with Crippen molar-refractivity contribution in [3.63, 3.8) is 0 Å². The summed E-state index contributed by atoms with van der Waals surface area (Å²) in [6.07, 6.45) is 0.847. The third kappa shape index (κ3) is 3.82. The van der Waals surface area contributed by atoms with E-state index in [4.69, 9.17) is 0 Å². The summed E-state index contributed by atoms with van der Waals surface area (Å²) in [5.74, 6) is -5.48. The first-order chi connectivity index (χ1) is 12.9. The number of para-hydroxylation sites is 1. The highest BCUT2D eigenvalue weighted by Gasteiger charge is 2.31. The van der Waals surface area contributed by atoms with Gasteiger partial charge >= 0.3 is 0 Å². The quantitative estimate of drug-likeness (QED) is 0.768. The van der Waals surface area contributed by atoms with E-state index in [0.717, 1.165) is 17.8 Å². The summed E-state index contributed by atoms with van der Waals surface area (Å²) in [6, 6.07) is 10.9. The summed E-state index contributed by atoms with van der Waals surface area (Å²) in [7, 11) is 1.70. The van der Waals surface area contributed by atoms with Gasteiger partial charge in [-0.05, 0) is 37.1 Å². The minimum atomic E-state index is -1.66. The van der Waals surface area contributed by atoms with Crippen LogP contribution in [0.4, 0.5) is 18.9 Å². The first kappa shape index (κ1) is 18.9. The fourth-order valence-electron chi connectivity index (χ4n) is 3.24. The second-order valence-electron chi connectivity index (χ2n) is 6.52. The molecule has 1 heterocycles. The minimum absolute atomic E-state index is 0.0488. The molecule has 1 aliphatic heterocycles. The maximum absolute atomic E-state index is 13.8. The largest absolute Gasteiger partial charge is 0.339 e. The number of nitrogens with zero attached hydrogens (tertiary/aromatic N) is 2. The molecule has 2 aromatic rings. The van der Waals surface area contributed by atoms with Crippen molar-refractivity contribution < 1.29 is 22.8 Å². The van der Waals surface area contributed by atoms with E-state index in [2.05, 4.69) is 0 Å². The monoisotopic (exact) mass is 376 g/mol. The van der Waals surface area contributed by atoms with Crippen molar-refractivity contribution in [3.8, 4) is 0 Å². The predicted octanol–water partition coefficient (Wildman–Crippen LogP) is 3.62. The number of anilines is 1. The van der Waals surface area contributed by atoms with Gasteiger partial charge in [0.25, 0.3) is 5.91 Å². The van der Waals surface area contributed by atoms with Crippen LogP contribution < -0.4 is 4.90 Å². The molecule has 0 spiro atoms. The van der Waals surface area contributed by atoms with Crippen molar-refractivity contribution in [2.75, 3.05) is 25.0 Å².